The number of hydrogen-bond acceptors (Lipinski definition) is 5. The molecule has 0 aliphatic heterocycles. The van der Waals surface area contributed by atoms with Crippen molar-refractivity contribution >= 4 is 23.1 Å². The van der Waals surface area contributed by atoms with Gasteiger partial charge in [0.15, 0.2) is 0 Å². The van der Waals surface area contributed by atoms with Crippen molar-refractivity contribution in [3.05, 3.63) is 34.8 Å². The summed E-state index contributed by atoms with van der Waals surface area (Å²) in [6.07, 6.45) is 0. The second-order valence-corrected chi connectivity index (χ2v) is 6.34. The van der Waals surface area contributed by atoms with Crippen LogP contribution in [0.2, 0.25) is 0 Å². The van der Waals surface area contributed by atoms with Crippen LogP contribution in [0, 0.1) is 0 Å². The fourth-order valence-corrected chi connectivity index (χ4v) is 2.65. The monoisotopic (exact) mass is 291 g/mol. The van der Waals surface area contributed by atoms with Crippen molar-refractivity contribution in [1.29, 1.82) is 0 Å². The zero-order valence-corrected chi connectivity index (χ0v) is 12.7. The molecular weight excluding hydrogens is 274 g/mol. The van der Waals surface area contributed by atoms with E-state index in [4.69, 9.17) is 0 Å². The smallest absolute Gasteiger partial charge is 0.271 e. The van der Waals surface area contributed by atoms with Gasteiger partial charge in [0.2, 0.25) is 0 Å². The van der Waals surface area contributed by atoms with Gasteiger partial charge in [-0.25, -0.2) is 0 Å². The number of carbonyl (C=O) groups is 1. The summed E-state index contributed by atoms with van der Waals surface area (Å²) in [7, 11) is 1.67. The van der Waals surface area contributed by atoms with E-state index < -0.39 is 0 Å². The van der Waals surface area contributed by atoms with E-state index in [2.05, 4.69) is 9.59 Å². The largest absolute Gasteiger partial charge is 0.508 e. The first-order valence-corrected chi connectivity index (χ1v) is 6.98. The van der Waals surface area contributed by atoms with Crippen molar-refractivity contribution in [2.75, 3.05) is 11.9 Å². The van der Waals surface area contributed by atoms with Crippen molar-refractivity contribution in [2.24, 2.45) is 0 Å². The minimum atomic E-state index is -0.238. The van der Waals surface area contributed by atoms with Crippen LogP contribution in [0.4, 0.5) is 5.69 Å². The van der Waals surface area contributed by atoms with Crippen LogP contribution in [-0.2, 0) is 5.41 Å². The Hall–Kier alpha value is -1.95. The Morgan fingerprint density at radius 1 is 1.35 bits per heavy atom. The summed E-state index contributed by atoms with van der Waals surface area (Å²) >= 11 is 1.10. The molecule has 0 unspecified atom stereocenters. The fourth-order valence-electron chi connectivity index (χ4n) is 1.79. The van der Waals surface area contributed by atoms with Gasteiger partial charge >= 0.3 is 0 Å². The first-order valence-electron chi connectivity index (χ1n) is 6.20. The Labute approximate surface area is 122 Å². The van der Waals surface area contributed by atoms with E-state index >= 15 is 0 Å². The molecule has 1 N–H and O–H groups in total. The number of phenols is 1. The average Bonchev–Trinajstić information content (AvgIpc) is 2.86. The molecule has 0 saturated carbocycles. The Bertz CT molecular complexity index is 631. The van der Waals surface area contributed by atoms with Crippen LogP contribution in [0.25, 0.3) is 0 Å². The number of aromatic hydroxyl groups is 1. The van der Waals surface area contributed by atoms with Gasteiger partial charge in [0.25, 0.3) is 5.91 Å². The van der Waals surface area contributed by atoms with E-state index in [1.807, 2.05) is 20.8 Å². The van der Waals surface area contributed by atoms with E-state index in [1.54, 1.807) is 31.3 Å². The van der Waals surface area contributed by atoms with E-state index in [0.717, 1.165) is 11.5 Å². The number of anilines is 1. The molecule has 1 aromatic heterocycles. The van der Waals surface area contributed by atoms with Gasteiger partial charge in [-0.15, -0.1) is 5.10 Å². The molecular formula is C14H17N3O2S. The second-order valence-electron chi connectivity index (χ2n) is 5.58. The number of carbonyl (C=O) groups excluding carboxylic acids is 1. The lowest BCUT2D eigenvalue weighted by Gasteiger charge is -2.20. The van der Waals surface area contributed by atoms with Crippen LogP contribution in [0.5, 0.6) is 5.75 Å². The van der Waals surface area contributed by atoms with Gasteiger partial charge in [-0.1, -0.05) is 31.3 Å². The first-order chi connectivity index (χ1) is 9.30. The van der Waals surface area contributed by atoms with Gasteiger partial charge in [-0.2, -0.15) is 0 Å². The normalized spacial score (nSPS) is 11.4. The molecule has 5 nitrogen and oxygen atoms in total. The number of aromatic nitrogens is 2. The molecule has 2 rings (SSSR count). The molecule has 0 fully saturated rings. The molecule has 0 atom stereocenters. The molecule has 0 aliphatic carbocycles. The lowest BCUT2D eigenvalue weighted by atomic mass is 9.91. The van der Waals surface area contributed by atoms with E-state index in [9.17, 15) is 9.90 Å². The predicted molar refractivity (Wildman–Crippen MR) is 79.4 cm³/mol. The Morgan fingerprint density at radius 2 is 2.05 bits per heavy atom. The van der Waals surface area contributed by atoms with E-state index in [0.29, 0.717) is 16.3 Å². The third-order valence-electron chi connectivity index (χ3n) is 2.91. The molecule has 106 valence electrons. The summed E-state index contributed by atoms with van der Waals surface area (Å²) in [6.45, 7) is 5.98. The van der Waals surface area contributed by atoms with Crippen LogP contribution in [0.1, 0.15) is 36.1 Å². The van der Waals surface area contributed by atoms with Gasteiger partial charge in [0, 0.05) is 24.2 Å². The maximum absolute atomic E-state index is 12.6. The Balaban J connectivity index is 2.35. The Kier molecular flexibility index (Phi) is 3.76. The summed E-state index contributed by atoms with van der Waals surface area (Å²) in [5, 5.41) is 13.6. The molecule has 2 aromatic rings. The molecule has 1 amide bonds. The maximum Gasteiger partial charge on any atom is 0.271 e. The van der Waals surface area contributed by atoms with Gasteiger partial charge in [-0.3, -0.25) is 4.79 Å². The number of benzene rings is 1. The summed E-state index contributed by atoms with van der Waals surface area (Å²) < 4.78 is 3.90. The molecule has 1 aromatic carbocycles. The SMILES string of the molecule is CN(C(=O)c1snnc1C(C)(C)C)c1cccc(O)c1. The highest BCUT2D eigenvalue weighted by molar-refractivity contribution is 7.08. The zero-order valence-electron chi connectivity index (χ0n) is 11.9. The standard InChI is InChI=1S/C14H17N3O2S/c1-14(2,3)12-11(20-16-15-12)13(19)17(4)9-6-5-7-10(18)8-9/h5-8,18H,1-4H3. The van der Waals surface area contributed by atoms with E-state index in [1.165, 1.54) is 4.90 Å². The zero-order chi connectivity index (χ0) is 14.9. The first kappa shape index (κ1) is 14.5. The topological polar surface area (TPSA) is 66.3 Å². The van der Waals surface area contributed by atoms with Crippen molar-refractivity contribution in [1.82, 2.24) is 9.59 Å². The summed E-state index contributed by atoms with van der Waals surface area (Å²) in [4.78, 5) is 14.6. The van der Waals surface area contributed by atoms with Crippen LogP contribution in [-0.4, -0.2) is 27.6 Å². The third kappa shape index (κ3) is 2.80. The minimum Gasteiger partial charge on any atom is -0.508 e. The summed E-state index contributed by atoms with van der Waals surface area (Å²) in [5.74, 6) is -0.0452. The highest BCUT2D eigenvalue weighted by Crippen LogP contribution is 2.28. The maximum atomic E-state index is 12.6. The molecule has 6 heteroatoms. The Morgan fingerprint density at radius 3 is 2.65 bits per heavy atom. The van der Waals surface area contributed by atoms with Crippen LogP contribution in [0.15, 0.2) is 24.3 Å². The van der Waals surface area contributed by atoms with Gasteiger partial charge in [0.1, 0.15) is 10.6 Å². The molecule has 0 saturated heterocycles. The number of amides is 1. The van der Waals surface area contributed by atoms with Gasteiger partial charge in [0.05, 0.1) is 5.69 Å². The fraction of sp³-hybridized carbons (Fsp3) is 0.357. The van der Waals surface area contributed by atoms with Crippen molar-refractivity contribution in [2.45, 2.75) is 26.2 Å². The number of nitrogens with zero attached hydrogens (tertiary/aromatic N) is 3. The molecule has 0 spiro atoms. The molecule has 20 heavy (non-hydrogen) atoms. The molecule has 0 aliphatic rings. The highest BCUT2D eigenvalue weighted by atomic mass is 32.1. The number of rotatable bonds is 2. The number of phenolic OH excluding ortho intramolecular Hbond substituents is 1. The van der Waals surface area contributed by atoms with Crippen LogP contribution < -0.4 is 4.90 Å². The molecule has 1 heterocycles. The number of hydrogen-bond donors (Lipinski definition) is 1. The van der Waals surface area contributed by atoms with Crippen LogP contribution in [0.3, 0.4) is 0 Å². The lowest BCUT2D eigenvalue weighted by molar-refractivity contribution is 0.0994. The van der Waals surface area contributed by atoms with Crippen molar-refractivity contribution in [3.63, 3.8) is 0 Å². The quantitative estimate of drug-likeness (QED) is 0.924. The summed E-state index contributed by atoms with van der Waals surface area (Å²) in [6, 6.07) is 6.58. The van der Waals surface area contributed by atoms with Crippen molar-refractivity contribution < 1.29 is 9.90 Å². The van der Waals surface area contributed by atoms with Crippen LogP contribution >= 0.6 is 11.5 Å². The third-order valence-corrected chi connectivity index (χ3v) is 3.63. The molecule has 0 bridgehead atoms. The summed E-state index contributed by atoms with van der Waals surface area (Å²) in [5.41, 5.74) is 1.08. The average molecular weight is 291 g/mol. The molecule has 0 radical (unpaired) electrons. The lowest BCUT2D eigenvalue weighted by Crippen LogP contribution is -2.28. The van der Waals surface area contributed by atoms with Gasteiger partial charge in [-0.05, 0) is 23.7 Å². The predicted octanol–water partition coefficient (Wildman–Crippen LogP) is 2.82. The van der Waals surface area contributed by atoms with E-state index in [-0.39, 0.29) is 17.1 Å². The van der Waals surface area contributed by atoms with Crippen molar-refractivity contribution in [3.8, 4) is 5.75 Å². The minimum absolute atomic E-state index is 0.126. The second kappa shape index (κ2) is 5.20. The highest BCUT2D eigenvalue weighted by Gasteiger charge is 2.28. The van der Waals surface area contributed by atoms with Gasteiger partial charge < -0.3 is 10.0 Å².